The Kier molecular flexibility index (Phi) is 4.71. The Bertz CT molecular complexity index is 1080. The molecule has 1 amide bonds. The number of halogens is 1. The number of aromatic nitrogens is 1. The molecular weight excluding hydrogens is 355 g/mol. The number of nitrogens with two attached hydrogens (primary N) is 1. The van der Waals surface area contributed by atoms with Gasteiger partial charge in [0.2, 0.25) is 0 Å². The highest BCUT2D eigenvalue weighted by molar-refractivity contribution is 6.20. The Morgan fingerprint density at radius 3 is 2.50 bits per heavy atom. The molecule has 5 nitrogen and oxygen atoms in total. The molecule has 28 heavy (non-hydrogen) atoms. The molecule has 0 fully saturated rings. The average Bonchev–Trinajstić information content (AvgIpc) is 2.81. The molecule has 2 N–H and O–H groups in total. The highest BCUT2D eigenvalue weighted by atomic mass is 19.1. The number of rotatable bonds is 3. The summed E-state index contributed by atoms with van der Waals surface area (Å²) in [7, 11) is 0. The van der Waals surface area contributed by atoms with E-state index >= 15 is 0 Å². The average molecular weight is 374 g/mol. The van der Waals surface area contributed by atoms with E-state index in [1.54, 1.807) is 29.3 Å². The zero-order valence-corrected chi connectivity index (χ0v) is 15.3. The van der Waals surface area contributed by atoms with Crippen LogP contribution in [-0.2, 0) is 11.3 Å². The van der Waals surface area contributed by atoms with E-state index in [2.05, 4.69) is 9.98 Å². The summed E-state index contributed by atoms with van der Waals surface area (Å²) in [6.07, 6.45) is 0.559. The fourth-order valence-electron chi connectivity index (χ4n) is 3.32. The van der Waals surface area contributed by atoms with Gasteiger partial charge in [0.05, 0.1) is 23.6 Å². The van der Waals surface area contributed by atoms with Crippen LogP contribution in [0.3, 0.4) is 0 Å². The number of anilines is 1. The number of carbonyl (C=O) groups excluding carboxylic acids is 1. The van der Waals surface area contributed by atoms with Gasteiger partial charge in [0, 0.05) is 17.3 Å². The summed E-state index contributed by atoms with van der Waals surface area (Å²) in [5.74, 6) is -0.770. The third-order valence-corrected chi connectivity index (χ3v) is 4.79. The van der Waals surface area contributed by atoms with Crippen molar-refractivity contribution >= 4 is 17.3 Å². The van der Waals surface area contributed by atoms with E-state index in [9.17, 15) is 9.18 Å². The SMILES string of the molecule is Cc1cccnc1CN1C(=O)[C@@H](N)N=C(c2ccccc2F)c2ccccc21. The van der Waals surface area contributed by atoms with Crippen molar-refractivity contribution in [3.8, 4) is 0 Å². The standard InChI is InChI=1S/C22H19FN4O/c1-14-7-6-12-25-18(14)13-27-19-11-5-3-9-16(19)20(26-21(24)22(27)28)15-8-2-4-10-17(15)23/h2-12,21H,13,24H2,1H3/t21-/m0/s1. The Labute approximate surface area is 162 Å². The number of aliphatic imine (C=N–C) groups is 1. The van der Waals surface area contributed by atoms with Crippen LogP contribution in [0.2, 0.25) is 0 Å². The van der Waals surface area contributed by atoms with Crippen molar-refractivity contribution < 1.29 is 9.18 Å². The van der Waals surface area contributed by atoms with Gasteiger partial charge in [-0.15, -0.1) is 0 Å². The van der Waals surface area contributed by atoms with E-state index < -0.39 is 12.0 Å². The van der Waals surface area contributed by atoms with Crippen LogP contribution in [0, 0.1) is 12.7 Å². The second kappa shape index (κ2) is 7.32. The quantitative estimate of drug-likeness (QED) is 0.765. The lowest BCUT2D eigenvalue weighted by molar-refractivity contribution is -0.119. The minimum absolute atomic E-state index is 0.260. The van der Waals surface area contributed by atoms with Gasteiger partial charge in [0.15, 0.2) is 6.17 Å². The third kappa shape index (κ3) is 3.18. The molecule has 1 aliphatic heterocycles. The highest BCUT2D eigenvalue weighted by Gasteiger charge is 2.31. The van der Waals surface area contributed by atoms with Gasteiger partial charge in [-0.3, -0.25) is 14.8 Å². The van der Waals surface area contributed by atoms with E-state index in [0.29, 0.717) is 22.5 Å². The fourth-order valence-corrected chi connectivity index (χ4v) is 3.32. The van der Waals surface area contributed by atoms with Gasteiger partial charge < -0.3 is 10.6 Å². The maximum atomic E-state index is 14.5. The van der Waals surface area contributed by atoms with Crippen LogP contribution in [0.25, 0.3) is 0 Å². The molecule has 1 atom stereocenters. The van der Waals surface area contributed by atoms with E-state index in [1.165, 1.54) is 6.07 Å². The summed E-state index contributed by atoms with van der Waals surface area (Å²) < 4.78 is 14.5. The van der Waals surface area contributed by atoms with Crippen LogP contribution in [0.15, 0.2) is 71.9 Å². The number of fused-ring (bicyclic) bond motifs is 1. The maximum absolute atomic E-state index is 14.5. The number of nitrogens with zero attached hydrogens (tertiary/aromatic N) is 3. The van der Waals surface area contributed by atoms with Crippen molar-refractivity contribution in [3.05, 3.63) is 95.1 Å². The first-order valence-electron chi connectivity index (χ1n) is 8.96. The summed E-state index contributed by atoms with van der Waals surface area (Å²) >= 11 is 0. The van der Waals surface area contributed by atoms with E-state index in [-0.39, 0.29) is 12.5 Å². The highest BCUT2D eigenvalue weighted by Crippen LogP contribution is 2.29. The lowest BCUT2D eigenvalue weighted by atomic mass is 9.99. The summed E-state index contributed by atoms with van der Waals surface area (Å²) in [4.78, 5) is 23.4. The first-order chi connectivity index (χ1) is 13.6. The maximum Gasteiger partial charge on any atom is 0.266 e. The fraction of sp³-hybridized carbons (Fsp3) is 0.136. The van der Waals surface area contributed by atoms with Crippen LogP contribution >= 0.6 is 0 Å². The number of benzene rings is 2. The van der Waals surface area contributed by atoms with Crippen LogP contribution in [0.1, 0.15) is 22.4 Å². The zero-order chi connectivity index (χ0) is 19.7. The monoisotopic (exact) mass is 374 g/mol. The second-order valence-electron chi connectivity index (χ2n) is 6.61. The zero-order valence-electron chi connectivity index (χ0n) is 15.3. The lowest BCUT2D eigenvalue weighted by Gasteiger charge is -2.24. The summed E-state index contributed by atoms with van der Waals surface area (Å²) in [5.41, 5.74) is 9.81. The Balaban J connectivity index is 1.87. The van der Waals surface area contributed by atoms with Crippen LogP contribution in [-0.4, -0.2) is 22.8 Å². The molecule has 0 radical (unpaired) electrons. The topological polar surface area (TPSA) is 71.6 Å². The van der Waals surface area contributed by atoms with Crippen molar-refractivity contribution in [1.82, 2.24) is 4.98 Å². The van der Waals surface area contributed by atoms with Crippen molar-refractivity contribution in [2.45, 2.75) is 19.6 Å². The molecule has 2 aromatic carbocycles. The van der Waals surface area contributed by atoms with Gasteiger partial charge in [0.1, 0.15) is 5.82 Å². The number of benzodiazepines with no additional fused rings is 1. The predicted molar refractivity (Wildman–Crippen MR) is 107 cm³/mol. The Morgan fingerprint density at radius 1 is 1.04 bits per heavy atom. The van der Waals surface area contributed by atoms with Gasteiger partial charge in [-0.2, -0.15) is 0 Å². The molecule has 0 aliphatic carbocycles. The number of aryl methyl sites for hydroxylation is 1. The molecule has 3 aromatic rings. The number of amides is 1. The minimum atomic E-state index is -1.13. The van der Waals surface area contributed by atoms with E-state index in [1.807, 2.05) is 43.3 Å². The molecule has 140 valence electrons. The predicted octanol–water partition coefficient (Wildman–Crippen LogP) is 3.20. The lowest BCUT2D eigenvalue weighted by Crippen LogP contribution is -2.42. The molecule has 1 aliphatic rings. The molecule has 0 saturated heterocycles. The van der Waals surface area contributed by atoms with Gasteiger partial charge in [-0.1, -0.05) is 36.4 Å². The van der Waals surface area contributed by atoms with Crippen molar-refractivity contribution in [2.24, 2.45) is 10.7 Å². The minimum Gasteiger partial charge on any atom is -0.303 e. The van der Waals surface area contributed by atoms with Crippen molar-refractivity contribution in [3.63, 3.8) is 0 Å². The van der Waals surface area contributed by atoms with Gasteiger partial charge in [0.25, 0.3) is 5.91 Å². The number of hydrogen-bond donors (Lipinski definition) is 1. The first-order valence-corrected chi connectivity index (χ1v) is 8.96. The van der Waals surface area contributed by atoms with Gasteiger partial charge in [-0.05, 0) is 36.8 Å². The second-order valence-corrected chi connectivity index (χ2v) is 6.61. The third-order valence-electron chi connectivity index (χ3n) is 4.79. The molecule has 2 heterocycles. The number of para-hydroxylation sites is 1. The first kappa shape index (κ1) is 18.0. The summed E-state index contributed by atoms with van der Waals surface area (Å²) in [5, 5.41) is 0. The molecule has 4 rings (SSSR count). The summed E-state index contributed by atoms with van der Waals surface area (Å²) in [6, 6.07) is 17.5. The summed E-state index contributed by atoms with van der Waals surface area (Å²) in [6.45, 7) is 2.20. The van der Waals surface area contributed by atoms with Crippen LogP contribution in [0.4, 0.5) is 10.1 Å². The molecule has 0 unspecified atom stereocenters. The van der Waals surface area contributed by atoms with Crippen molar-refractivity contribution in [2.75, 3.05) is 4.90 Å². The molecule has 0 spiro atoms. The molecular formula is C22H19FN4O. The Morgan fingerprint density at radius 2 is 1.75 bits per heavy atom. The van der Waals surface area contributed by atoms with Crippen LogP contribution in [0.5, 0.6) is 0 Å². The largest absolute Gasteiger partial charge is 0.303 e. The smallest absolute Gasteiger partial charge is 0.266 e. The molecule has 0 bridgehead atoms. The Hall–Kier alpha value is -3.38. The van der Waals surface area contributed by atoms with Gasteiger partial charge in [-0.25, -0.2) is 4.39 Å². The van der Waals surface area contributed by atoms with Gasteiger partial charge >= 0.3 is 0 Å². The number of carbonyl (C=O) groups is 1. The van der Waals surface area contributed by atoms with E-state index in [0.717, 1.165) is 11.3 Å². The molecule has 1 aromatic heterocycles. The normalized spacial score (nSPS) is 16.4. The van der Waals surface area contributed by atoms with E-state index in [4.69, 9.17) is 5.73 Å². The molecule has 0 saturated carbocycles. The van der Waals surface area contributed by atoms with Crippen LogP contribution < -0.4 is 10.6 Å². The number of pyridine rings is 1. The number of hydrogen-bond acceptors (Lipinski definition) is 4. The molecule has 6 heteroatoms. The van der Waals surface area contributed by atoms with Crippen molar-refractivity contribution in [1.29, 1.82) is 0 Å².